The molecule has 4 N–H and O–H groups in total. The molecule has 0 spiro atoms. The van der Waals surface area contributed by atoms with Crippen LogP contribution in [0.4, 0.5) is 0 Å². The van der Waals surface area contributed by atoms with Crippen LogP contribution < -0.4 is 11.5 Å². The monoisotopic (exact) mass is 194 g/mol. The number of rotatable bonds is 1. The zero-order valence-corrected chi connectivity index (χ0v) is 8.41. The van der Waals surface area contributed by atoms with Gasteiger partial charge >= 0.3 is 0 Å². The average molecular weight is 194 g/mol. The number of amides is 1. The Hall–Kier alpha value is -0.570. The van der Waals surface area contributed by atoms with Crippen LogP contribution in [0.5, 0.6) is 0 Å². The van der Waals surface area contributed by atoms with Gasteiger partial charge in [0.05, 0.1) is 0 Å². The quantitative estimate of drug-likeness (QED) is 0.642. The molecule has 0 saturated heterocycles. The van der Waals surface area contributed by atoms with Gasteiger partial charge in [-0.3, -0.25) is 4.79 Å². The molecule has 4 saturated carbocycles. The summed E-state index contributed by atoms with van der Waals surface area (Å²) in [7, 11) is 0. The normalized spacial score (nSPS) is 54.9. The standard InChI is InChI=1S/C11H18N2O/c12-9-7-1-6-2-8(9)5-11(3-6,4-7)10(13)14/h6-9H,1-5,12H2,(H2,13,14)/t6?,7-,8+,9?,11?. The van der Waals surface area contributed by atoms with Crippen LogP contribution in [0.1, 0.15) is 32.1 Å². The van der Waals surface area contributed by atoms with Crippen LogP contribution in [-0.2, 0) is 4.79 Å². The molecule has 1 amide bonds. The summed E-state index contributed by atoms with van der Waals surface area (Å²) < 4.78 is 0. The first-order chi connectivity index (χ1) is 6.61. The van der Waals surface area contributed by atoms with E-state index in [2.05, 4.69) is 0 Å². The van der Waals surface area contributed by atoms with Gasteiger partial charge in [-0.1, -0.05) is 0 Å². The Kier molecular flexibility index (Phi) is 1.56. The smallest absolute Gasteiger partial charge is 0.223 e. The zero-order chi connectivity index (χ0) is 9.92. The highest BCUT2D eigenvalue weighted by atomic mass is 16.1. The molecule has 0 aliphatic heterocycles. The van der Waals surface area contributed by atoms with Gasteiger partial charge in [0.1, 0.15) is 0 Å². The summed E-state index contributed by atoms with van der Waals surface area (Å²) in [5.41, 5.74) is 11.6. The van der Waals surface area contributed by atoms with Crippen LogP contribution in [-0.4, -0.2) is 11.9 Å². The van der Waals surface area contributed by atoms with E-state index in [0.717, 1.165) is 25.2 Å². The Labute approximate surface area is 84.2 Å². The Balaban J connectivity index is 1.96. The first kappa shape index (κ1) is 8.72. The fraction of sp³-hybridized carbons (Fsp3) is 0.909. The molecule has 0 heterocycles. The third-order valence-corrected chi connectivity index (χ3v) is 4.87. The molecule has 0 aromatic heterocycles. The molecule has 4 aliphatic carbocycles. The van der Waals surface area contributed by atoms with E-state index in [1.54, 1.807) is 0 Å². The van der Waals surface area contributed by atoms with Crippen LogP contribution >= 0.6 is 0 Å². The summed E-state index contributed by atoms with van der Waals surface area (Å²) in [4.78, 5) is 11.5. The van der Waals surface area contributed by atoms with E-state index >= 15 is 0 Å². The highest BCUT2D eigenvalue weighted by molar-refractivity contribution is 5.81. The molecule has 14 heavy (non-hydrogen) atoms. The number of hydrogen-bond acceptors (Lipinski definition) is 2. The van der Waals surface area contributed by atoms with E-state index in [9.17, 15) is 4.79 Å². The lowest BCUT2D eigenvalue weighted by Gasteiger charge is -2.58. The van der Waals surface area contributed by atoms with Crippen molar-refractivity contribution in [3.05, 3.63) is 0 Å². The van der Waals surface area contributed by atoms with Crippen molar-refractivity contribution in [2.24, 2.45) is 34.6 Å². The largest absolute Gasteiger partial charge is 0.369 e. The fourth-order valence-electron chi connectivity index (χ4n) is 4.37. The Morgan fingerprint density at radius 1 is 1.14 bits per heavy atom. The molecule has 4 rings (SSSR count). The van der Waals surface area contributed by atoms with E-state index < -0.39 is 0 Å². The van der Waals surface area contributed by atoms with Gasteiger partial charge in [0, 0.05) is 11.5 Å². The number of carbonyl (C=O) groups excluding carboxylic acids is 1. The molecule has 0 aromatic carbocycles. The molecule has 3 heteroatoms. The second-order valence-corrected chi connectivity index (χ2v) is 5.69. The maximum atomic E-state index is 11.5. The number of primary amides is 1. The summed E-state index contributed by atoms with van der Waals surface area (Å²) in [5, 5.41) is 0. The molecule has 3 unspecified atom stereocenters. The van der Waals surface area contributed by atoms with E-state index in [4.69, 9.17) is 11.5 Å². The topological polar surface area (TPSA) is 69.1 Å². The molecule has 4 aliphatic rings. The molecular weight excluding hydrogens is 176 g/mol. The molecule has 0 radical (unpaired) electrons. The molecule has 5 atom stereocenters. The minimum Gasteiger partial charge on any atom is -0.369 e. The second kappa shape index (κ2) is 2.51. The number of carbonyl (C=O) groups is 1. The van der Waals surface area contributed by atoms with Gasteiger partial charge in [0.25, 0.3) is 0 Å². The number of nitrogens with two attached hydrogens (primary N) is 2. The first-order valence-electron chi connectivity index (χ1n) is 5.66. The predicted octanol–water partition coefficient (Wildman–Crippen LogP) is 0.625. The lowest BCUT2D eigenvalue weighted by molar-refractivity contribution is -0.144. The minimum absolute atomic E-state index is 0.0659. The zero-order valence-electron chi connectivity index (χ0n) is 8.41. The van der Waals surface area contributed by atoms with Crippen molar-refractivity contribution in [3.8, 4) is 0 Å². The van der Waals surface area contributed by atoms with Gasteiger partial charge in [-0.15, -0.1) is 0 Å². The maximum Gasteiger partial charge on any atom is 0.223 e. The highest BCUT2D eigenvalue weighted by Crippen LogP contribution is 2.59. The minimum atomic E-state index is -0.160. The summed E-state index contributed by atoms with van der Waals surface area (Å²) in [6.07, 6.45) is 5.47. The first-order valence-corrected chi connectivity index (χ1v) is 5.66. The van der Waals surface area contributed by atoms with Crippen molar-refractivity contribution in [2.75, 3.05) is 0 Å². The molecule has 78 valence electrons. The van der Waals surface area contributed by atoms with Gasteiger partial charge in [-0.2, -0.15) is 0 Å². The van der Waals surface area contributed by atoms with Gasteiger partial charge in [-0.05, 0) is 49.9 Å². The SMILES string of the molecule is NC(=O)C12CC3C[C@H](C1)C(N)[C@@H](C3)C2. The number of hydrogen-bond donors (Lipinski definition) is 2. The van der Waals surface area contributed by atoms with E-state index in [-0.39, 0.29) is 11.3 Å². The molecule has 4 fully saturated rings. The van der Waals surface area contributed by atoms with Crippen molar-refractivity contribution >= 4 is 5.91 Å². The Morgan fingerprint density at radius 3 is 2.21 bits per heavy atom. The lowest BCUT2D eigenvalue weighted by Crippen LogP contribution is -2.60. The second-order valence-electron chi connectivity index (χ2n) is 5.69. The molecule has 0 aromatic rings. The van der Waals surface area contributed by atoms with Crippen LogP contribution in [0.2, 0.25) is 0 Å². The summed E-state index contributed by atoms with van der Waals surface area (Å²) in [6, 6.07) is 0.346. The Morgan fingerprint density at radius 2 is 1.71 bits per heavy atom. The van der Waals surface area contributed by atoms with Gasteiger partial charge < -0.3 is 11.5 Å². The van der Waals surface area contributed by atoms with E-state index in [0.29, 0.717) is 17.9 Å². The van der Waals surface area contributed by atoms with Crippen molar-refractivity contribution in [1.29, 1.82) is 0 Å². The highest BCUT2D eigenvalue weighted by Gasteiger charge is 2.56. The van der Waals surface area contributed by atoms with E-state index in [1.807, 2.05) is 0 Å². The Bertz CT molecular complexity index is 273. The van der Waals surface area contributed by atoms with Crippen LogP contribution in [0, 0.1) is 23.2 Å². The van der Waals surface area contributed by atoms with Crippen molar-refractivity contribution in [3.63, 3.8) is 0 Å². The van der Waals surface area contributed by atoms with Crippen molar-refractivity contribution in [2.45, 2.75) is 38.1 Å². The van der Waals surface area contributed by atoms with Gasteiger partial charge in [-0.25, -0.2) is 0 Å². The average Bonchev–Trinajstić information content (AvgIpc) is 2.12. The summed E-state index contributed by atoms with van der Waals surface area (Å²) >= 11 is 0. The fourth-order valence-corrected chi connectivity index (χ4v) is 4.37. The van der Waals surface area contributed by atoms with Crippen LogP contribution in [0.25, 0.3) is 0 Å². The maximum absolute atomic E-state index is 11.5. The molecule has 4 bridgehead atoms. The van der Waals surface area contributed by atoms with Gasteiger partial charge in [0.2, 0.25) is 5.91 Å². The third-order valence-electron chi connectivity index (χ3n) is 4.87. The predicted molar refractivity (Wildman–Crippen MR) is 53.2 cm³/mol. The van der Waals surface area contributed by atoms with Crippen LogP contribution in [0.15, 0.2) is 0 Å². The third kappa shape index (κ3) is 0.937. The molecular formula is C11H18N2O. The van der Waals surface area contributed by atoms with E-state index in [1.165, 1.54) is 12.8 Å². The van der Waals surface area contributed by atoms with Crippen LogP contribution in [0.3, 0.4) is 0 Å². The van der Waals surface area contributed by atoms with Crippen molar-refractivity contribution < 1.29 is 4.79 Å². The molecule has 3 nitrogen and oxygen atoms in total. The van der Waals surface area contributed by atoms with Crippen molar-refractivity contribution in [1.82, 2.24) is 0 Å². The van der Waals surface area contributed by atoms with Gasteiger partial charge in [0.15, 0.2) is 0 Å². The summed E-state index contributed by atoms with van der Waals surface area (Å²) in [6.45, 7) is 0. The summed E-state index contributed by atoms with van der Waals surface area (Å²) in [5.74, 6) is 1.83. The lowest BCUT2D eigenvalue weighted by atomic mass is 9.48.